The number of ether oxygens (including phenoxy) is 1. The summed E-state index contributed by atoms with van der Waals surface area (Å²) in [5, 5.41) is 2.80. The molecule has 0 bridgehead atoms. The van der Waals surface area contributed by atoms with Crippen molar-refractivity contribution in [3.05, 3.63) is 29.9 Å². The van der Waals surface area contributed by atoms with Crippen LogP contribution in [0.3, 0.4) is 0 Å². The van der Waals surface area contributed by atoms with Crippen molar-refractivity contribution in [2.24, 2.45) is 5.73 Å². The molecule has 30 heavy (non-hydrogen) atoms. The van der Waals surface area contributed by atoms with Crippen molar-refractivity contribution < 1.29 is 23.1 Å². The van der Waals surface area contributed by atoms with E-state index < -0.39 is 17.5 Å². The van der Waals surface area contributed by atoms with E-state index in [1.165, 1.54) is 17.8 Å². The summed E-state index contributed by atoms with van der Waals surface area (Å²) < 4.78 is 24.6. The Morgan fingerprint density at radius 2 is 1.93 bits per heavy atom. The monoisotopic (exact) mass is 437 g/mol. The Hall–Kier alpha value is -2.55. The second kappa shape index (κ2) is 9.07. The van der Waals surface area contributed by atoms with Crippen LogP contribution in [0.15, 0.2) is 27.6 Å². The highest BCUT2D eigenvalue weighted by molar-refractivity contribution is 7.99. The lowest BCUT2D eigenvalue weighted by molar-refractivity contribution is -0.115. The van der Waals surface area contributed by atoms with Gasteiger partial charge >= 0.3 is 6.09 Å². The summed E-state index contributed by atoms with van der Waals surface area (Å²) in [6.07, 6.45) is 1.31. The molecule has 2 aromatic rings. The molecule has 0 saturated heterocycles. The minimum Gasteiger partial charge on any atom is -0.444 e. The number of rotatable bonds is 1. The summed E-state index contributed by atoms with van der Waals surface area (Å²) in [6, 6.07) is 3.03. The summed E-state index contributed by atoms with van der Waals surface area (Å²) in [5.74, 6) is 1.10. The van der Waals surface area contributed by atoms with Crippen LogP contribution in [0.1, 0.15) is 53.7 Å². The number of carbonyl (C=O) groups excluding carboxylic acids is 2. The zero-order chi connectivity index (χ0) is 22.7. The third-order valence-electron chi connectivity index (χ3n) is 3.81. The Bertz CT molecular complexity index is 929. The fourth-order valence-electron chi connectivity index (χ4n) is 2.45. The number of thioether (sulfide) groups is 1. The molecule has 3 rings (SSSR count). The van der Waals surface area contributed by atoms with Crippen molar-refractivity contribution in [1.29, 1.82) is 0 Å². The Morgan fingerprint density at radius 3 is 2.43 bits per heavy atom. The van der Waals surface area contributed by atoms with Crippen LogP contribution in [0.25, 0.3) is 11.5 Å². The van der Waals surface area contributed by atoms with Gasteiger partial charge < -0.3 is 20.2 Å². The first-order valence-electron chi connectivity index (χ1n) is 9.47. The van der Waals surface area contributed by atoms with Crippen LogP contribution in [0.2, 0.25) is 0 Å². The highest BCUT2D eigenvalue weighted by atomic mass is 32.2. The topological polar surface area (TPSA) is 107 Å². The quantitative estimate of drug-likeness (QED) is 0.643. The lowest BCUT2D eigenvalue weighted by Crippen LogP contribution is -2.27. The molecule has 0 unspecified atom stereocenters. The zero-order valence-corrected chi connectivity index (χ0v) is 18.9. The molecule has 3 N–H and O–H groups in total. The van der Waals surface area contributed by atoms with Crippen molar-refractivity contribution in [3.8, 4) is 11.5 Å². The fourth-order valence-corrected chi connectivity index (χ4v) is 3.41. The number of amides is 2. The number of fused-ring (bicyclic) bond motifs is 1. The van der Waals surface area contributed by atoms with E-state index >= 15 is 0 Å². The van der Waals surface area contributed by atoms with Gasteiger partial charge in [0.05, 0.1) is 17.4 Å². The Kier molecular flexibility index (Phi) is 7.18. The highest BCUT2D eigenvalue weighted by Crippen LogP contribution is 2.37. The number of halogens is 1. The van der Waals surface area contributed by atoms with Crippen LogP contribution >= 0.6 is 11.8 Å². The average Bonchev–Trinajstić information content (AvgIpc) is 2.98. The maximum absolute atomic E-state index is 14.4. The number of anilines is 1. The number of primary amides is 1. The van der Waals surface area contributed by atoms with Gasteiger partial charge in [-0.05, 0) is 32.9 Å². The molecule has 2 heterocycles. The fraction of sp³-hybridized carbons (Fsp3) is 0.476. The minimum absolute atomic E-state index is 0.0633. The summed E-state index contributed by atoms with van der Waals surface area (Å²) >= 11 is 1.47. The maximum Gasteiger partial charge on any atom is 0.405 e. The second-order valence-electron chi connectivity index (χ2n) is 8.79. The van der Waals surface area contributed by atoms with E-state index in [0.717, 1.165) is 4.90 Å². The van der Waals surface area contributed by atoms with Crippen LogP contribution in [0.5, 0.6) is 0 Å². The zero-order valence-electron chi connectivity index (χ0n) is 18.1. The molecule has 9 heteroatoms. The van der Waals surface area contributed by atoms with E-state index in [0.29, 0.717) is 23.6 Å². The van der Waals surface area contributed by atoms with E-state index in [-0.39, 0.29) is 22.8 Å². The molecule has 2 amide bonds. The van der Waals surface area contributed by atoms with Gasteiger partial charge in [-0.2, -0.15) is 0 Å². The molecule has 1 aliphatic heterocycles. The van der Waals surface area contributed by atoms with Gasteiger partial charge in [-0.1, -0.05) is 20.8 Å². The van der Waals surface area contributed by atoms with Crippen LogP contribution in [0, 0.1) is 5.82 Å². The van der Waals surface area contributed by atoms with Gasteiger partial charge in [0.2, 0.25) is 11.8 Å². The molecule has 164 valence electrons. The van der Waals surface area contributed by atoms with Gasteiger partial charge in [0, 0.05) is 22.5 Å². The molecule has 0 aliphatic carbocycles. The number of hydrogen-bond acceptors (Lipinski definition) is 6. The van der Waals surface area contributed by atoms with Gasteiger partial charge in [0.15, 0.2) is 0 Å². The number of aromatic nitrogens is 1. The Labute approximate surface area is 179 Å². The molecule has 0 saturated carbocycles. The molecular formula is C21H28FN3O4S. The van der Waals surface area contributed by atoms with Gasteiger partial charge in [-0.3, -0.25) is 4.79 Å². The highest BCUT2D eigenvalue weighted by Gasteiger charge is 2.23. The van der Waals surface area contributed by atoms with E-state index in [1.807, 2.05) is 20.8 Å². The molecule has 0 radical (unpaired) electrons. The molecule has 0 fully saturated rings. The lowest BCUT2D eigenvalue weighted by Gasteiger charge is -2.16. The van der Waals surface area contributed by atoms with Crippen molar-refractivity contribution in [2.75, 3.05) is 11.1 Å². The first-order valence-corrected chi connectivity index (χ1v) is 10.5. The molecule has 1 aromatic carbocycles. The lowest BCUT2D eigenvalue weighted by atomic mass is 9.94. The van der Waals surface area contributed by atoms with Crippen molar-refractivity contribution in [2.45, 2.75) is 63.9 Å². The second-order valence-corrected chi connectivity index (χ2v) is 9.92. The van der Waals surface area contributed by atoms with E-state index in [1.54, 1.807) is 33.0 Å². The Morgan fingerprint density at radius 1 is 1.27 bits per heavy atom. The van der Waals surface area contributed by atoms with Crippen LogP contribution in [-0.2, 0) is 14.9 Å². The first kappa shape index (κ1) is 23.7. The molecule has 0 atom stereocenters. The summed E-state index contributed by atoms with van der Waals surface area (Å²) in [7, 11) is 0. The number of oxazole rings is 1. The molecule has 0 spiro atoms. The molecule has 1 aromatic heterocycles. The van der Waals surface area contributed by atoms with Crippen molar-refractivity contribution in [1.82, 2.24) is 4.98 Å². The van der Waals surface area contributed by atoms with E-state index in [2.05, 4.69) is 15.0 Å². The van der Waals surface area contributed by atoms with E-state index in [4.69, 9.17) is 10.2 Å². The van der Waals surface area contributed by atoms with Gasteiger partial charge in [0.25, 0.3) is 0 Å². The van der Waals surface area contributed by atoms with Crippen LogP contribution in [0.4, 0.5) is 14.9 Å². The van der Waals surface area contributed by atoms with Gasteiger partial charge in [0.1, 0.15) is 17.2 Å². The van der Waals surface area contributed by atoms with Crippen molar-refractivity contribution in [3.63, 3.8) is 0 Å². The third-order valence-corrected chi connectivity index (χ3v) is 4.87. The minimum atomic E-state index is -0.725. The smallest absolute Gasteiger partial charge is 0.405 e. The summed E-state index contributed by atoms with van der Waals surface area (Å²) in [4.78, 5) is 26.6. The van der Waals surface area contributed by atoms with Crippen molar-refractivity contribution >= 4 is 29.4 Å². The SMILES string of the molecule is CC(C)(C)OC(N)=O.CC(C)(C)c1cnc(-c2cc3c(cc2F)SCCC(=O)N3)o1. The number of nitrogens with one attached hydrogen (secondary N) is 1. The van der Waals surface area contributed by atoms with Crippen LogP contribution < -0.4 is 11.1 Å². The standard InChI is InChI=1S/C16H17FN2O2S.C5H11NO2/c1-16(2,3)13-8-18-15(21-13)9-6-11-12(7-10(9)17)22-5-4-14(20)19-11;1-5(2,3)8-4(6)7/h6-8H,4-5H2,1-3H3,(H,19,20);1-3H3,(H2,6,7). The largest absolute Gasteiger partial charge is 0.444 e. The normalized spacial score (nSPS) is 14.0. The van der Waals surface area contributed by atoms with Crippen LogP contribution in [-0.4, -0.2) is 28.3 Å². The first-order chi connectivity index (χ1) is 13.8. The summed E-state index contributed by atoms with van der Waals surface area (Å²) in [6.45, 7) is 11.3. The number of carbonyl (C=O) groups is 2. The molecule has 1 aliphatic rings. The number of benzene rings is 1. The Balaban J connectivity index is 0.000000343. The predicted octanol–water partition coefficient (Wildman–Crippen LogP) is 5.09. The summed E-state index contributed by atoms with van der Waals surface area (Å²) in [5.41, 5.74) is 4.94. The molecular weight excluding hydrogens is 409 g/mol. The maximum atomic E-state index is 14.4. The number of nitrogens with two attached hydrogens (primary N) is 1. The average molecular weight is 438 g/mol. The van der Waals surface area contributed by atoms with Gasteiger partial charge in [-0.15, -0.1) is 11.8 Å². The van der Waals surface area contributed by atoms with Gasteiger partial charge in [-0.25, -0.2) is 14.2 Å². The number of hydrogen-bond donors (Lipinski definition) is 2. The third kappa shape index (κ3) is 6.76. The number of nitrogens with zero attached hydrogens (tertiary/aromatic N) is 1. The molecule has 7 nitrogen and oxygen atoms in total. The predicted molar refractivity (Wildman–Crippen MR) is 115 cm³/mol. The van der Waals surface area contributed by atoms with E-state index in [9.17, 15) is 14.0 Å².